The molecule has 3 heteroatoms. The molecule has 0 aliphatic heterocycles. The lowest BCUT2D eigenvalue weighted by molar-refractivity contribution is -0.119. The average Bonchev–Trinajstić information content (AvgIpc) is 2.56. The van der Waals surface area contributed by atoms with E-state index in [0.717, 1.165) is 24.2 Å². The summed E-state index contributed by atoms with van der Waals surface area (Å²) in [6.45, 7) is 5.79. The Kier molecular flexibility index (Phi) is 5.09. The van der Waals surface area contributed by atoms with E-state index in [1.54, 1.807) is 11.8 Å². The molecule has 0 atom stereocenters. The molecule has 1 N–H and O–H groups in total. The van der Waals surface area contributed by atoms with Crippen molar-refractivity contribution < 1.29 is 4.79 Å². The van der Waals surface area contributed by atoms with E-state index in [-0.39, 0.29) is 5.91 Å². The predicted octanol–water partition coefficient (Wildman–Crippen LogP) is 2.35. The highest BCUT2D eigenvalue weighted by molar-refractivity contribution is 8.00. The third-order valence-corrected chi connectivity index (χ3v) is 3.47. The number of hydrogen-bond acceptors (Lipinski definition) is 2. The first kappa shape index (κ1) is 11.6. The minimum absolute atomic E-state index is 0.183. The molecular weight excluding hydrogens is 194 g/mol. The van der Waals surface area contributed by atoms with E-state index < -0.39 is 0 Å². The SMILES string of the molecule is C=C(C)CSCC(=O)NC1CCCC1. The highest BCUT2D eigenvalue weighted by Crippen LogP contribution is 2.17. The first-order chi connectivity index (χ1) is 6.68. The van der Waals surface area contributed by atoms with Gasteiger partial charge >= 0.3 is 0 Å². The molecule has 0 heterocycles. The molecule has 2 nitrogen and oxygen atoms in total. The van der Waals surface area contributed by atoms with Crippen molar-refractivity contribution in [2.75, 3.05) is 11.5 Å². The number of hydrogen-bond donors (Lipinski definition) is 1. The van der Waals surface area contributed by atoms with Crippen LogP contribution in [-0.4, -0.2) is 23.5 Å². The van der Waals surface area contributed by atoms with Gasteiger partial charge in [0.2, 0.25) is 5.91 Å². The van der Waals surface area contributed by atoms with E-state index in [9.17, 15) is 4.79 Å². The second-order valence-corrected chi connectivity index (χ2v) is 4.98. The summed E-state index contributed by atoms with van der Waals surface area (Å²) in [5, 5.41) is 3.06. The number of thioether (sulfide) groups is 1. The topological polar surface area (TPSA) is 29.1 Å². The Hall–Kier alpha value is -0.440. The summed E-state index contributed by atoms with van der Waals surface area (Å²) >= 11 is 1.64. The van der Waals surface area contributed by atoms with E-state index >= 15 is 0 Å². The minimum atomic E-state index is 0.183. The Morgan fingerprint density at radius 3 is 2.64 bits per heavy atom. The Morgan fingerprint density at radius 2 is 2.07 bits per heavy atom. The van der Waals surface area contributed by atoms with Crippen LogP contribution in [0.25, 0.3) is 0 Å². The van der Waals surface area contributed by atoms with Gasteiger partial charge in [0.25, 0.3) is 0 Å². The van der Waals surface area contributed by atoms with Crippen LogP contribution in [0.2, 0.25) is 0 Å². The number of nitrogens with one attached hydrogen (secondary N) is 1. The van der Waals surface area contributed by atoms with Crippen molar-refractivity contribution in [1.29, 1.82) is 0 Å². The summed E-state index contributed by atoms with van der Waals surface area (Å²) in [7, 11) is 0. The van der Waals surface area contributed by atoms with E-state index in [1.165, 1.54) is 12.8 Å². The second kappa shape index (κ2) is 6.12. The van der Waals surface area contributed by atoms with Gasteiger partial charge in [0.15, 0.2) is 0 Å². The van der Waals surface area contributed by atoms with Gasteiger partial charge in [-0.25, -0.2) is 0 Å². The quantitative estimate of drug-likeness (QED) is 0.710. The Balaban J connectivity index is 2.06. The fraction of sp³-hybridized carbons (Fsp3) is 0.727. The van der Waals surface area contributed by atoms with Crippen LogP contribution >= 0.6 is 11.8 Å². The lowest BCUT2D eigenvalue weighted by Gasteiger charge is -2.11. The van der Waals surface area contributed by atoms with Gasteiger partial charge in [-0.3, -0.25) is 4.79 Å². The molecule has 1 saturated carbocycles. The molecule has 0 saturated heterocycles. The van der Waals surface area contributed by atoms with Crippen LogP contribution in [0.5, 0.6) is 0 Å². The average molecular weight is 213 g/mol. The third-order valence-electron chi connectivity index (χ3n) is 2.30. The van der Waals surface area contributed by atoms with Crippen molar-refractivity contribution in [3.63, 3.8) is 0 Å². The first-order valence-corrected chi connectivity index (χ1v) is 6.35. The second-order valence-electron chi connectivity index (χ2n) is 4.00. The van der Waals surface area contributed by atoms with Crippen molar-refractivity contribution in [3.8, 4) is 0 Å². The van der Waals surface area contributed by atoms with Gasteiger partial charge in [-0.1, -0.05) is 25.0 Å². The Morgan fingerprint density at radius 1 is 1.43 bits per heavy atom. The molecule has 1 fully saturated rings. The summed E-state index contributed by atoms with van der Waals surface area (Å²) in [6.07, 6.45) is 4.86. The van der Waals surface area contributed by atoms with Crippen molar-refractivity contribution in [3.05, 3.63) is 12.2 Å². The smallest absolute Gasteiger partial charge is 0.230 e. The Labute approximate surface area is 90.5 Å². The highest BCUT2D eigenvalue weighted by Gasteiger charge is 2.16. The van der Waals surface area contributed by atoms with Gasteiger partial charge in [0.05, 0.1) is 5.75 Å². The molecule has 0 aromatic rings. The van der Waals surface area contributed by atoms with Crippen molar-refractivity contribution >= 4 is 17.7 Å². The molecular formula is C11H19NOS. The summed E-state index contributed by atoms with van der Waals surface area (Å²) in [5.41, 5.74) is 1.13. The molecule has 0 bridgehead atoms. The molecule has 1 aliphatic carbocycles. The highest BCUT2D eigenvalue weighted by atomic mass is 32.2. The van der Waals surface area contributed by atoms with Gasteiger partial charge < -0.3 is 5.32 Å². The number of carbonyl (C=O) groups excluding carboxylic acids is 1. The van der Waals surface area contributed by atoms with Gasteiger partial charge in [-0.2, -0.15) is 0 Å². The summed E-state index contributed by atoms with van der Waals surface area (Å²) < 4.78 is 0. The zero-order chi connectivity index (χ0) is 10.4. The van der Waals surface area contributed by atoms with Crippen LogP contribution in [0.15, 0.2) is 12.2 Å². The predicted molar refractivity (Wildman–Crippen MR) is 62.5 cm³/mol. The van der Waals surface area contributed by atoms with Gasteiger partial charge in [-0.05, 0) is 19.8 Å². The van der Waals surface area contributed by atoms with Crippen molar-refractivity contribution in [1.82, 2.24) is 5.32 Å². The van der Waals surface area contributed by atoms with E-state index in [2.05, 4.69) is 11.9 Å². The number of rotatable bonds is 5. The fourth-order valence-electron chi connectivity index (χ4n) is 1.66. The largest absolute Gasteiger partial charge is 0.353 e. The first-order valence-electron chi connectivity index (χ1n) is 5.20. The van der Waals surface area contributed by atoms with Crippen molar-refractivity contribution in [2.24, 2.45) is 0 Å². The molecule has 0 aromatic heterocycles. The van der Waals surface area contributed by atoms with Crippen LogP contribution in [0, 0.1) is 0 Å². The van der Waals surface area contributed by atoms with Gasteiger partial charge in [0, 0.05) is 11.8 Å². The third kappa shape index (κ3) is 4.70. The summed E-state index contributed by atoms with van der Waals surface area (Å²) in [5.74, 6) is 1.64. The van der Waals surface area contributed by atoms with Crippen LogP contribution in [-0.2, 0) is 4.79 Å². The van der Waals surface area contributed by atoms with Crippen LogP contribution in [0.1, 0.15) is 32.6 Å². The van der Waals surface area contributed by atoms with Crippen molar-refractivity contribution in [2.45, 2.75) is 38.6 Å². The summed E-state index contributed by atoms with van der Waals surface area (Å²) in [4.78, 5) is 11.4. The lowest BCUT2D eigenvalue weighted by atomic mass is 10.2. The molecule has 80 valence electrons. The molecule has 1 amide bonds. The molecule has 0 unspecified atom stereocenters. The number of amides is 1. The van der Waals surface area contributed by atoms with Crippen LogP contribution in [0.3, 0.4) is 0 Å². The molecule has 14 heavy (non-hydrogen) atoms. The zero-order valence-electron chi connectivity index (χ0n) is 8.84. The Bertz CT molecular complexity index is 209. The van der Waals surface area contributed by atoms with E-state index in [1.807, 2.05) is 6.92 Å². The van der Waals surface area contributed by atoms with Crippen LogP contribution in [0.4, 0.5) is 0 Å². The normalized spacial score (nSPS) is 16.9. The lowest BCUT2D eigenvalue weighted by Crippen LogP contribution is -2.33. The van der Waals surface area contributed by atoms with E-state index in [0.29, 0.717) is 11.8 Å². The molecule has 1 rings (SSSR count). The maximum atomic E-state index is 11.4. The monoisotopic (exact) mass is 213 g/mol. The number of carbonyl (C=O) groups is 1. The molecule has 0 aromatic carbocycles. The summed E-state index contributed by atoms with van der Waals surface area (Å²) in [6, 6.07) is 0.452. The molecule has 0 spiro atoms. The van der Waals surface area contributed by atoms with E-state index in [4.69, 9.17) is 0 Å². The standard InChI is InChI=1S/C11H19NOS/c1-9(2)7-14-8-11(13)12-10-5-3-4-6-10/h10H,1,3-8H2,2H3,(H,12,13). The zero-order valence-corrected chi connectivity index (χ0v) is 9.66. The maximum absolute atomic E-state index is 11.4. The minimum Gasteiger partial charge on any atom is -0.353 e. The van der Waals surface area contributed by atoms with Crippen LogP contribution < -0.4 is 5.32 Å². The molecule has 1 aliphatic rings. The van der Waals surface area contributed by atoms with Gasteiger partial charge in [0.1, 0.15) is 0 Å². The van der Waals surface area contributed by atoms with Gasteiger partial charge in [-0.15, -0.1) is 11.8 Å². The fourth-order valence-corrected chi connectivity index (χ4v) is 2.38. The maximum Gasteiger partial charge on any atom is 0.230 e. The molecule has 0 radical (unpaired) electrons.